The van der Waals surface area contributed by atoms with Gasteiger partial charge in [0.25, 0.3) is 0 Å². The van der Waals surface area contributed by atoms with Gasteiger partial charge in [-0.1, -0.05) is 36.4 Å². The van der Waals surface area contributed by atoms with E-state index >= 15 is 0 Å². The predicted molar refractivity (Wildman–Crippen MR) is 70.7 cm³/mol. The first kappa shape index (κ1) is 14.2. The average molecular weight is 303 g/mol. The van der Waals surface area contributed by atoms with Gasteiger partial charge in [-0.2, -0.15) is 0 Å². The fourth-order valence-electron chi connectivity index (χ4n) is 2.02. The van der Waals surface area contributed by atoms with Crippen molar-refractivity contribution in [2.75, 3.05) is 6.54 Å². The highest BCUT2D eigenvalue weighted by atomic mass is 79.9. The van der Waals surface area contributed by atoms with E-state index in [1.165, 1.54) is 0 Å². The summed E-state index contributed by atoms with van der Waals surface area (Å²) in [5.74, 6) is -0.114. The fraction of sp³-hybridized carbons (Fsp3) is 0.667. The standard InChI is InChI=1S/C12H19BrN2O2/c1-5-9-10(16)14-12(4,6-2)11(17)15(9)7-8(3)13/h9H,3,5-7H2,1-2,4H3,(H,14,16). The molecule has 1 saturated heterocycles. The predicted octanol–water partition coefficient (Wildman–Crippen LogP) is 1.80. The molecule has 17 heavy (non-hydrogen) atoms. The third-order valence-corrected chi connectivity index (χ3v) is 3.50. The molecule has 0 radical (unpaired) electrons. The van der Waals surface area contributed by atoms with Gasteiger partial charge in [-0.25, -0.2) is 0 Å². The van der Waals surface area contributed by atoms with E-state index < -0.39 is 11.6 Å². The van der Waals surface area contributed by atoms with Crippen LogP contribution in [-0.4, -0.2) is 34.8 Å². The van der Waals surface area contributed by atoms with Crippen molar-refractivity contribution in [3.63, 3.8) is 0 Å². The highest BCUT2D eigenvalue weighted by Gasteiger charge is 2.46. The second-order valence-electron chi connectivity index (χ2n) is 4.55. The first-order chi connectivity index (χ1) is 7.85. The number of nitrogens with one attached hydrogen (secondary N) is 1. The van der Waals surface area contributed by atoms with Crippen molar-refractivity contribution in [3.05, 3.63) is 11.1 Å². The summed E-state index contributed by atoms with van der Waals surface area (Å²) in [7, 11) is 0. The van der Waals surface area contributed by atoms with Gasteiger partial charge in [0.1, 0.15) is 11.6 Å². The van der Waals surface area contributed by atoms with Crippen LogP contribution in [0.3, 0.4) is 0 Å². The lowest BCUT2D eigenvalue weighted by atomic mass is 9.91. The fourth-order valence-corrected chi connectivity index (χ4v) is 2.29. The van der Waals surface area contributed by atoms with E-state index in [1.807, 2.05) is 13.8 Å². The zero-order valence-electron chi connectivity index (χ0n) is 10.5. The topological polar surface area (TPSA) is 49.4 Å². The van der Waals surface area contributed by atoms with Crippen molar-refractivity contribution >= 4 is 27.7 Å². The maximum absolute atomic E-state index is 12.4. The van der Waals surface area contributed by atoms with Crippen molar-refractivity contribution in [1.29, 1.82) is 0 Å². The number of nitrogens with zero attached hydrogens (tertiary/aromatic N) is 1. The van der Waals surface area contributed by atoms with Gasteiger partial charge >= 0.3 is 0 Å². The minimum Gasteiger partial charge on any atom is -0.340 e. The summed E-state index contributed by atoms with van der Waals surface area (Å²) in [4.78, 5) is 26.0. The van der Waals surface area contributed by atoms with E-state index in [2.05, 4.69) is 27.8 Å². The first-order valence-electron chi connectivity index (χ1n) is 5.82. The van der Waals surface area contributed by atoms with Gasteiger partial charge in [-0.05, 0) is 19.8 Å². The molecule has 0 saturated carbocycles. The Balaban J connectivity index is 3.05. The molecule has 1 aliphatic rings. The third-order valence-electron chi connectivity index (χ3n) is 3.25. The minimum absolute atomic E-state index is 0.0351. The molecule has 0 aromatic rings. The van der Waals surface area contributed by atoms with Crippen LogP contribution in [0.1, 0.15) is 33.6 Å². The van der Waals surface area contributed by atoms with Crippen molar-refractivity contribution in [2.45, 2.75) is 45.2 Å². The monoisotopic (exact) mass is 302 g/mol. The van der Waals surface area contributed by atoms with E-state index in [4.69, 9.17) is 0 Å². The SMILES string of the molecule is C=C(Br)CN1C(=O)C(C)(CC)NC(=O)C1CC. The molecule has 1 heterocycles. The molecule has 4 nitrogen and oxygen atoms in total. The summed E-state index contributed by atoms with van der Waals surface area (Å²) in [6.07, 6.45) is 1.19. The Bertz CT molecular complexity index is 356. The molecular weight excluding hydrogens is 284 g/mol. The van der Waals surface area contributed by atoms with Crippen molar-refractivity contribution in [2.24, 2.45) is 0 Å². The molecule has 0 aromatic heterocycles. The summed E-state index contributed by atoms with van der Waals surface area (Å²) in [5, 5.41) is 2.82. The summed E-state index contributed by atoms with van der Waals surface area (Å²) in [5.41, 5.74) is -0.787. The Morgan fingerprint density at radius 1 is 1.53 bits per heavy atom. The van der Waals surface area contributed by atoms with Crippen LogP contribution in [0.25, 0.3) is 0 Å². The molecule has 2 atom stereocenters. The third kappa shape index (κ3) is 2.70. The maximum Gasteiger partial charge on any atom is 0.249 e. The Kier molecular flexibility index (Phi) is 4.36. The molecule has 0 spiro atoms. The molecule has 1 N–H and O–H groups in total. The Morgan fingerprint density at radius 3 is 2.53 bits per heavy atom. The van der Waals surface area contributed by atoms with Crippen LogP contribution < -0.4 is 5.32 Å². The van der Waals surface area contributed by atoms with Crippen molar-refractivity contribution < 1.29 is 9.59 Å². The van der Waals surface area contributed by atoms with Gasteiger partial charge in [-0.3, -0.25) is 9.59 Å². The molecule has 2 unspecified atom stereocenters. The van der Waals surface area contributed by atoms with Gasteiger partial charge in [0.2, 0.25) is 11.8 Å². The van der Waals surface area contributed by atoms with Crippen LogP contribution in [0.4, 0.5) is 0 Å². The molecule has 0 bridgehead atoms. The molecule has 2 amide bonds. The zero-order chi connectivity index (χ0) is 13.2. The minimum atomic E-state index is -0.787. The number of carbonyl (C=O) groups excluding carboxylic acids is 2. The van der Waals surface area contributed by atoms with Gasteiger partial charge in [0, 0.05) is 4.48 Å². The van der Waals surface area contributed by atoms with Crippen LogP contribution in [0.2, 0.25) is 0 Å². The van der Waals surface area contributed by atoms with Crippen LogP contribution >= 0.6 is 15.9 Å². The molecule has 1 rings (SSSR count). The highest BCUT2D eigenvalue weighted by molar-refractivity contribution is 9.11. The summed E-state index contributed by atoms with van der Waals surface area (Å²) < 4.78 is 0.706. The van der Waals surface area contributed by atoms with Gasteiger partial charge < -0.3 is 10.2 Å². The largest absolute Gasteiger partial charge is 0.340 e. The number of hydrogen-bond acceptors (Lipinski definition) is 2. The quantitative estimate of drug-likeness (QED) is 0.861. The number of carbonyl (C=O) groups is 2. The second kappa shape index (κ2) is 5.21. The lowest BCUT2D eigenvalue weighted by Gasteiger charge is -2.43. The summed E-state index contributed by atoms with van der Waals surface area (Å²) in [6.45, 7) is 9.68. The lowest BCUT2D eigenvalue weighted by Crippen LogP contribution is -2.69. The Hall–Kier alpha value is -0.840. The number of halogens is 1. The number of amides is 2. The van der Waals surface area contributed by atoms with Crippen molar-refractivity contribution in [1.82, 2.24) is 10.2 Å². The number of piperazine rings is 1. The molecule has 0 aliphatic carbocycles. The van der Waals surface area contributed by atoms with Crippen LogP contribution in [0, 0.1) is 0 Å². The van der Waals surface area contributed by atoms with Gasteiger partial charge in [-0.15, -0.1) is 0 Å². The Labute approximate surface area is 111 Å². The van der Waals surface area contributed by atoms with Gasteiger partial charge in [0.15, 0.2) is 0 Å². The van der Waals surface area contributed by atoms with E-state index in [1.54, 1.807) is 11.8 Å². The molecule has 96 valence electrons. The second-order valence-corrected chi connectivity index (χ2v) is 5.67. The number of rotatable bonds is 4. The summed E-state index contributed by atoms with van der Waals surface area (Å²) >= 11 is 3.25. The smallest absolute Gasteiger partial charge is 0.249 e. The van der Waals surface area contributed by atoms with Gasteiger partial charge in [0.05, 0.1) is 6.54 Å². The Morgan fingerprint density at radius 2 is 2.12 bits per heavy atom. The molecule has 1 fully saturated rings. The van der Waals surface area contributed by atoms with E-state index in [0.717, 1.165) is 0 Å². The van der Waals surface area contributed by atoms with E-state index in [9.17, 15) is 9.59 Å². The maximum atomic E-state index is 12.4. The summed E-state index contributed by atoms with van der Waals surface area (Å²) in [6, 6.07) is -0.392. The van der Waals surface area contributed by atoms with Crippen LogP contribution in [0.15, 0.2) is 11.1 Å². The zero-order valence-corrected chi connectivity index (χ0v) is 12.1. The molecule has 5 heteroatoms. The molecular formula is C12H19BrN2O2. The average Bonchev–Trinajstić information content (AvgIpc) is 2.25. The molecule has 0 aromatic carbocycles. The van der Waals surface area contributed by atoms with Crippen molar-refractivity contribution in [3.8, 4) is 0 Å². The normalized spacial score (nSPS) is 29.2. The van der Waals surface area contributed by atoms with Crippen LogP contribution in [-0.2, 0) is 9.59 Å². The van der Waals surface area contributed by atoms with E-state index in [0.29, 0.717) is 23.9 Å². The van der Waals surface area contributed by atoms with E-state index in [-0.39, 0.29) is 11.8 Å². The molecule has 1 aliphatic heterocycles. The first-order valence-corrected chi connectivity index (χ1v) is 6.61. The lowest BCUT2D eigenvalue weighted by molar-refractivity contribution is -0.153. The highest BCUT2D eigenvalue weighted by Crippen LogP contribution is 2.24. The van der Waals surface area contributed by atoms with Crippen LogP contribution in [0.5, 0.6) is 0 Å². The number of hydrogen-bond donors (Lipinski definition) is 1.